The summed E-state index contributed by atoms with van der Waals surface area (Å²) in [5, 5.41) is 8.80. The maximum absolute atomic E-state index is 12.4. The van der Waals surface area contributed by atoms with Gasteiger partial charge in [0.05, 0.1) is 6.61 Å². The van der Waals surface area contributed by atoms with Crippen LogP contribution in [0.1, 0.15) is 15.9 Å². The highest BCUT2D eigenvalue weighted by Gasteiger charge is 2.30. The van der Waals surface area contributed by atoms with Crippen molar-refractivity contribution >= 4 is 12.0 Å². The van der Waals surface area contributed by atoms with Crippen molar-refractivity contribution in [2.75, 3.05) is 24.6 Å². The fourth-order valence-corrected chi connectivity index (χ4v) is 1.63. The Morgan fingerprint density at radius 1 is 1.39 bits per heavy atom. The Bertz CT molecular complexity index is 418. The molecule has 6 heteroatoms. The number of anilines is 1. The first-order chi connectivity index (χ1) is 8.37. The number of rotatable bonds is 5. The molecule has 0 unspecified atom stereocenters. The predicted molar refractivity (Wildman–Crippen MR) is 61.9 cm³/mol. The molecule has 1 rings (SSSR count). The molecule has 0 saturated carbocycles. The summed E-state index contributed by atoms with van der Waals surface area (Å²) in [4.78, 5) is 11.7. The van der Waals surface area contributed by atoms with Gasteiger partial charge in [0.15, 0.2) is 0 Å². The summed E-state index contributed by atoms with van der Waals surface area (Å²) in [7, 11) is 0. The van der Waals surface area contributed by atoms with E-state index < -0.39 is 12.7 Å². The number of hydrogen-bond donors (Lipinski definition) is 1. The second-order valence-electron chi connectivity index (χ2n) is 3.92. The zero-order valence-corrected chi connectivity index (χ0v) is 9.87. The molecular weight excluding hydrogens is 247 g/mol. The van der Waals surface area contributed by atoms with Crippen molar-refractivity contribution in [3.8, 4) is 0 Å². The van der Waals surface area contributed by atoms with E-state index in [1.54, 1.807) is 6.92 Å². The maximum atomic E-state index is 12.4. The molecule has 0 aliphatic rings. The fraction of sp³-hybridized carbons (Fsp3) is 0.417. The average Bonchev–Trinajstić information content (AvgIpc) is 2.26. The molecule has 0 aromatic heterocycles. The summed E-state index contributed by atoms with van der Waals surface area (Å²) in [5.41, 5.74) is 1.38. The Morgan fingerprint density at radius 2 is 2.06 bits per heavy atom. The van der Waals surface area contributed by atoms with Crippen LogP contribution in [0.5, 0.6) is 0 Å². The molecule has 0 atom stereocenters. The zero-order valence-electron chi connectivity index (χ0n) is 9.87. The van der Waals surface area contributed by atoms with Crippen LogP contribution in [0.3, 0.4) is 0 Å². The quantitative estimate of drug-likeness (QED) is 0.826. The summed E-state index contributed by atoms with van der Waals surface area (Å²) in [6, 6.07) is 4.42. The fourth-order valence-electron chi connectivity index (χ4n) is 1.63. The normalized spacial score (nSPS) is 11.4. The highest BCUT2D eigenvalue weighted by molar-refractivity contribution is 5.78. The molecule has 0 bridgehead atoms. The van der Waals surface area contributed by atoms with Gasteiger partial charge in [-0.15, -0.1) is 0 Å². The molecule has 0 radical (unpaired) electrons. The van der Waals surface area contributed by atoms with E-state index in [4.69, 9.17) is 5.11 Å². The number of alkyl halides is 3. The summed E-state index contributed by atoms with van der Waals surface area (Å²) in [5.74, 6) is 0. The van der Waals surface area contributed by atoms with Crippen molar-refractivity contribution in [2.24, 2.45) is 0 Å². The Kier molecular flexibility index (Phi) is 4.72. The lowest BCUT2D eigenvalue weighted by Gasteiger charge is -2.25. The Balaban J connectivity index is 2.98. The molecule has 100 valence electrons. The van der Waals surface area contributed by atoms with Gasteiger partial charge >= 0.3 is 6.18 Å². The lowest BCUT2D eigenvalue weighted by atomic mass is 10.1. The highest BCUT2D eigenvalue weighted by atomic mass is 19.4. The molecular formula is C12H14F3NO2. The van der Waals surface area contributed by atoms with Crippen LogP contribution in [0.4, 0.5) is 18.9 Å². The topological polar surface area (TPSA) is 40.5 Å². The van der Waals surface area contributed by atoms with Crippen molar-refractivity contribution in [3.05, 3.63) is 29.3 Å². The highest BCUT2D eigenvalue weighted by Crippen LogP contribution is 2.23. The number of hydrogen-bond acceptors (Lipinski definition) is 3. The number of nitrogens with zero attached hydrogens (tertiary/aromatic N) is 1. The molecule has 18 heavy (non-hydrogen) atoms. The van der Waals surface area contributed by atoms with E-state index in [1.165, 1.54) is 18.2 Å². The summed E-state index contributed by atoms with van der Waals surface area (Å²) in [6.45, 7) is 0.0370. The van der Waals surface area contributed by atoms with Crippen LogP contribution >= 0.6 is 0 Å². The third-order valence-electron chi connectivity index (χ3n) is 2.49. The van der Waals surface area contributed by atoms with Crippen LogP contribution in [0, 0.1) is 6.92 Å². The average molecular weight is 261 g/mol. The second-order valence-corrected chi connectivity index (χ2v) is 3.92. The van der Waals surface area contributed by atoms with Gasteiger partial charge in [0.25, 0.3) is 0 Å². The van der Waals surface area contributed by atoms with E-state index in [-0.39, 0.29) is 13.2 Å². The van der Waals surface area contributed by atoms with E-state index in [9.17, 15) is 18.0 Å². The molecule has 1 aromatic carbocycles. The Morgan fingerprint density at radius 3 is 2.50 bits per heavy atom. The molecule has 0 aliphatic carbocycles. The molecule has 0 aliphatic heterocycles. The number of carbonyl (C=O) groups excluding carboxylic acids is 1. The van der Waals surface area contributed by atoms with Gasteiger partial charge in [-0.3, -0.25) is 4.79 Å². The van der Waals surface area contributed by atoms with Crippen LogP contribution in [-0.2, 0) is 0 Å². The van der Waals surface area contributed by atoms with Gasteiger partial charge < -0.3 is 10.0 Å². The van der Waals surface area contributed by atoms with Gasteiger partial charge in [0.1, 0.15) is 12.8 Å². The van der Waals surface area contributed by atoms with E-state index >= 15 is 0 Å². The van der Waals surface area contributed by atoms with Gasteiger partial charge in [-0.25, -0.2) is 0 Å². The Hall–Kier alpha value is -1.56. The van der Waals surface area contributed by atoms with Crippen LogP contribution < -0.4 is 4.90 Å². The van der Waals surface area contributed by atoms with E-state index in [0.717, 1.165) is 4.90 Å². The number of halogens is 3. The molecule has 3 nitrogen and oxygen atoms in total. The minimum Gasteiger partial charge on any atom is -0.395 e. The largest absolute Gasteiger partial charge is 0.405 e. The van der Waals surface area contributed by atoms with E-state index in [0.29, 0.717) is 23.1 Å². The smallest absolute Gasteiger partial charge is 0.395 e. The van der Waals surface area contributed by atoms with Crippen LogP contribution in [0.2, 0.25) is 0 Å². The van der Waals surface area contributed by atoms with Crippen molar-refractivity contribution in [3.63, 3.8) is 0 Å². The van der Waals surface area contributed by atoms with Crippen LogP contribution in [0.25, 0.3) is 0 Å². The number of benzene rings is 1. The van der Waals surface area contributed by atoms with Gasteiger partial charge in [0.2, 0.25) is 0 Å². The summed E-state index contributed by atoms with van der Waals surface area (Å²) >= 11 is 0. The SMILES string of the molecule is Cc1cc(N(CCO)CC(F)(F)F)ccc1C=O. The minimum atomic E-state index is -4.34. The number of aldehydes is 1. The molecule has 0 heterocycles. The third-order valence-corrected chi connectivity index (χ3v) is 2.49. The number of carbonyl (C=O) groups is 1. The monoisotopic (exact) mass is 261 g/mol. The van der Waals surface area contributed by atoms with Crippen LogP contribution in [0.15, 0.2) is 18.2 Å². The lowest BCUT2D eigenvalue weighted by molar-refractivity contribution is -0.119. The lowest BCUT2D eigenvalue weighted by Crippen LogP contribution is -2.36. The first-order valence-corrected chi connectivity index (χ1v) is 5.36. The summed E-state index contributed by atoms with van der Waals surface area (Å²) < 4.78 is 37.1. The van der Waals surface area contributed by atoms with Crippen molar-refractivity contribution in [2.45, 2.75) is 13.1 Å². The molecule has 1 aromatic rings. The maximum Gasteiger partial charge on any atom is 0.405 e. The molecule has 0 fully saturated rings. The molecule has 0 saturated heterocycles. The van der Waals surface area contributed by atoms with Crippen LogP contribution in [-0.4, -0.2) is 37.3 Å². The van der Waals surface area contributed by atoms with Crippen molar-refractivity contribution < 1.29 is 23.1 Å². The Labute approximate surface area is 103 Å². The van der Waals surface area contributed by atoms with Gasteiger partial charge in [-0.05, 0) is 30.7 Å². The minimum absolute atomic E-state index is 0.112. The predicted octanol–water partition coefficient (Wildman–Crippen LogP) is 2.17. The van der Waals surface area contributed by atoms with E-state index in [2.05, 4.69) is 0 Å². The number of aliphatic hydroxyl groups is 1. The number of aryl methyl sites for hydroxylation is 1. The van der Waals surface area contributed by atoms with Gasteiger partial charge in [0, 0.05) is 17.8 Å². The van der Waals surface area contributed by atoms with Crippen molar-refractivity contribution in [1.29, 1.82) is 0 Å². The first kappa shape index (κ1) is 14.5. The summed E-state index contributed by atoms with van der Waals surface area (Å²) in [6.07, 6.45) is -3.69. The standard InChI is InChI=1S/C12H14F3NO2/c1-9-6-11(3-2-10(9)7-18)16(4-5-17)8-12(13,14)15/h2-3,6-7,17H,4-5,8H2,1H3. The van der Waals surface area contributed by atoms with Gasteiger partial charge in [-0.1, -0.05) is 0 Å². The third kappa shape index (κ3) is 4.03. The zero-order chi connectivity index (χ0) is 13.8. The van der Waals surface area contributed by atoms with E-state index in [1.807, 2.05) is 0 Å². The number of aliphatic hydroxyl groups excluding tert-OH is 1. The second kappa shape index (κ2) is 5.86. The van der Waals surface area contributed by atoms with Crippen molar-refractivity contribution in [1.82, 2.24) is 0 Å². The van der Waals surface area contributed by atoms with Gasteiger partial charge in [-0.2, -0.15) is 13.2 Å². The molecule has 1 N–H and O–H groups in total. The molecule has 0 amide bonds. The first-order valence-electron chi connectivity index (χ1n) is 5.36. The molecule has 0 spiro atoms.